The molecule has 0 radical (unpaired) electrons. The van der Waals surface area contributed by atoms with Crippen LogP contribution in [-0.2, 0) is 15.6 Å². The van der Waals surface area contributed by atoms with Crippen molar-refractivity contribution in [2.45, 2.75) is 30.4 Å². The number of benzene rings is 1. The van der Waals surface area contributed by atoms with Crippen molar-refractivity contribution in [3.63, 3.8) is 0 Å². The molecule has 0 saturated carbocycles. The molecule has 3 nitrogen and oxygen atoms in total. The van der Waals surface area contributed by atoms with E-state index in [0.29, 0.717) is 16.6 Å². The van der Waals surface area contributed by atoms with E-state index in [4.69, 9.17) is 11.6 Å². The SMILES string of the molecule is CC(C)c1nc(CS(=O)(=O)c2ccc(Cl)cc2)cs1. The van der Waals surface area contributed by atoms with E-state index in [0.717, 1.165) is 5.01 Å². The van der Waals surface area contributed by atoms with Gasteiger partial charge in [0.05, 0.1) is 21.3 Å². The highest BCUT2D eigenvalue weighted by Crippen LogP contribution is 2.23. The number of nitrogens with zero attached hydrogens (tertiary/aromatic N) is 1. The average Bonchev–Trinajstić information content (AvgIpc) is 2.77. The molecule has 0 aliphatic rings. The summed E-state index contributed by atoms with van der Waals surface area (Å²) in [6, 6.07) is 6.20. The first-order valence-corrected chi connectivity index (χ1v) is 8.72. The van der Waals surface area contributed by atoms with Crippen LogP contribution in [0, 0.1) is 0 Å². The number of aromatic nitrogens is 1. The number of rotatable bonds is 4. The number of sulfone groups is 1. The Bertz CT molecular complexity index is 660. The maximum atomic E-state index is 12.2. The first-order valence-electron chi connectivity index (χ1n) is 5.81. The molecule has 0 amide bonds. The fraction of sp³-hybridized carbons (Fsp3) is 0.308. The van der Waals surface area contributed by atoms with Crippen LogP contribution in [-0.4, -0.2) is 13.4 Å². The Kier molecular flexibility index (Phi) is 4.28. The second-order valence-corrected chi connectivity index (χ2v) is 7.86. The topological polar surface area (TPSA) is 47.0 Å². The van der Waals surface area contributed by atoms with Crippen LogP contribution >= 0.6 is 22.9 Å². The summed E-state index contributed by atoms with van der Waals surface area (Å²) < 4.78 is 24.4. The van der Waals surface area contributed by atoms with Gasteiger partial charge in [0.2, 0.25) is 0 Å². The van der Waals surface area contributed by atoms with Crippen LogP contribution in [0.3, 0.4) is 0 Å². The predicted molar refractivity (Wildman–Crippen MR) is 78.5 cm³/mol. The van der Waals surface area contributed by atoms with Crippen molar-refractivity contribution in [1.29, 1.82) is 0 Å². The average molecular weight is 316 g/mol. The number of hydrogen-bond donors (Lipinski definition) is 0. The van der Waals surface area contributed by atoms with E-state index in [9.17, 15) is 8.42 Å². The molecule has 0 aliphatic carbocycles. The van der Waals surface area contributed by atoms with E-state index in [1.54, 1.807) is 12.1 Å². The van der Waals surface area contributed by atoms with E-state index in [1.807, 2.05) is 19.2 Å². The lowest BCUT2D eigenvalue weighted by molar-refractivity contribution is 0.594. The third-order valence-corrected chi connectivity index (χ3v) is 5.69. The third kappa shape index (κ3) is 3.55. The van der Waals surface area contributed by atoms with Crippen molar-refractivity contribution in [3.8, 4) is 0 Å². The molecule has 2 rings (SSSR count). The summed E-state index contributed by atoms with van der Waals surface area (Å²) in [7, 11) is -3.36. The molecule has 2 aromatic rings. The van der Waals surface area contributed by atoms with Crippen LogP contribution in [0.2, 0.25) is 5.02 Å². The van der Waals surface area contributed by atoms with Crippen molar-refractivity contribution in [2.75, 3.05) is 0 Å². The fourth-order valence-corrected chi connectivity index (χ4v) is 3.90. The summed E-state index contributed by atoms with van der Waals surface area (Å²) in [5.74, 6) is 0.245. The maximum Gasteiger partial charge on any atom is 0.184 e. The van der Waals surface area contributed by atoms with E-state index in [1.165, 1.54) is 23.5 Å². The van der Waals surface area contributed by atoms with E-state index in [-0.39, 0.29) is 10.6 Å². The summed E-state index contributed by atoms with van der Waals surface area (Å²) >= 11 is 7.25. The first-order chi connectivity index (χ1) is 8.88. The zero-order valence-electron chi connectivity index (χ0n) is 10.6. The lowest BCUT2D eigenvalue weighted by atomic mass is 10.2. The molecule has 1 aromatic heterocycles. The summed E-state index contributed by atoms with van der Waals surface area (Å²) in [4.78, 5) is 4.63. The summed E-state index contributed by atoms with van der Waals surface area (Å²) in [5, 5.41) is 3.29. The zero-order valence-corrected chi connectivity index (χ0v) is 13.0. The molecular formula is C13H14ClNO2S2. The van der Waals surface area contributed by atoms with Gasteiger partial charge in [0.1, 0.15) is 0 Å². The van der Waals surface area contributed by atoms with Gasteiger partial charge in [0.25, 0.3) is 0 Å². The highest BCUT2D eigenvalue weighted by molar-refractivity contribution is 7.90. The minimum absolute atomic E-state index is 0.0716. The van der Waals surface area contributed by atoms with Crippen LogP contribution in [0.5, 0.6) is 0 Å². The smallest absolute Gasteiger partial charge is 0.184 e. The lowest BCUT2D eigenvalue weighted by Crippen LogP contribution is -2.05. The van der Waals surface area contributed by atoms with Crippen LogP contribution in [0.15, 0.2) is 34.5 Å². The van der Waals surface area contributed by atoms with E-state index in [2.05, 4.69) is 4.98 Å². The normalized spacial score (nSPS) is 12.0. The molecule has 0 saturated heterocycles. The molecule has 0 unspecified atom stereocenters. The molecule has 102 valence electrons. The van der Waals surface area contributed by atoms with Gasteiger partial charge in [-0.2, -0.15) is 0 Å². The highest BCUT2D eigenvalue weighted by Gasteiger charge is 2.17. The van der Waals surface area contributed by atoms with Gasteiger partial charge >= 0.3 is 0 Å². The Morgan fingerprint density at radius 2 is 1.89 bits per heavy atom. The van der Waals surface area contributed by atoms with Crippen molar-refractivity contribution in [3.05, 3.63) is 45.4 Å². The van der Waals surface area contributed by atoms with Crippen molar-refractivity contribution < 1.29 is 8.42 Å². The minimum Gasteiger partial charge on any atom is -0.245 e. The first kappa shape index (κ1) is 14.5. The van der Waals surface area contributed by atoms with Crippen LogP contribution in [0.1, 0.15) is 30.5 Å². The Labute approximate surface area is 122 Å². The van der Waals surface area contributed by atoms with Crippen LogP contribution in [0.25, 0.3) is 0 Å². The fourth-order valence-electron chi connectivity index (χ4n) is 1.57. The Morgan fingerprint density at radius 1 is 1.26 bits per heavy atom. The van der Waals surface area contributed by atoms with Crippen molar-refractivity contribution >= 4 is 32.8 Å². The molecule has 19 heavy (non-hydrogen) atoms. The Hall–Kier alpha value is -0.910. The Balaban J connectivity index is 2.23. The van der Waals surface area contributed by atoms with Gasteiger partial charge in [-0.05, 0) is 24.3 Å². The van der Waals surface area contributed by atoms with Crippen LogP contribution in [0.4, 0.5) is 0 Å². The van der Waals surface area contributed by atoms with Gasteiger partial charge in [-0.25, -0.2) is 13.4 Å². The van der Waals surface area contributed by atoms with E-state index < -0.39 is 9.84 Å². The standard InChI is InChI=1S/C13H14ClNO2S2/c1-9(2)13-15-11(7-18-13)8-19(16,17)12-5-3-10(14)4-6-12/h3-7,9H,8H2,1-2H3. The lowest BCUT2D eigenvalue weighted by Gasteiger charge is -2.02. The number of thiazole rings is 1. The Morgan fingerprint density at radius 3 is 2.42 bits per heavy atom. The van der Waals surface area contributed by atoms with Crippen LogP contribution < -0.4 is 0 Å². The maximum absolute atomic E-state index is 12.2. The number of halogens is 1. The molecule has 0 spiro atoms. The van der Waals surface area contributed by atoms with Gasteiger partial charge in [-0.1, -0.05) is 25.4 Å². The highest BCUT2D eigenvalue weighted by atomic mass is 35.5. The molecule has 0 bridgehead atoms. The van der Waals surface area contributed by atoms with E-state index >= 15 is 0 Å². The van der Waals surface area contributed by atoms with Gasteiger partial charge in [-0.15, -0.1) is 11.3 Å². The monoisotopic (exact) mass is 315 g/mol. The minimum atomic E-state index is -3.36. The zero-order chi connectivity index (χ0) is 14.0. The molecule has 0 fully saturated rings. The van der Waals surface area contributed by atoms with Crippen molar-refractivity contribution in [1.82, 2.24) is 4.98 Å². The summed E-state index contributed by atoms with van der Waals surface area (Å²) in [5.41, 5.74) is 0.601. The van der Waals surface area contributed by atoms with Gasteiger partial charge in [-0.3, -0.25) is 0 Å². The molecular weight excluding hydrogens is 302 g/mol. The predicted octanol–water partition coefficient (Wildman–Crippen LogP) is 3.89. The van der Waals surface area contributed by atoms with Gasteiger partial charge < -0.3 is 0 Å². The molecule has 1 heterocycles. The number of hydrogen-bond acceptors (Lipinski definition) is 4. The second kappa shape index (κ2) is 5.61. The molecule has 1 aromatic carbocycles. The van der Waals surface area contributed by atoms with Crippen molar-refractivity contribution in [2.24, 2.45) is 0 Å². The quantitative estimate of drug-likeness (QED) is 0.859. The molecule has 0 N–H and O–H groups in total. The molecule has 6 heteroatoms. The second-order valence-electron chi connectivity index (χ2n) is 4.54. The molecule has 0 atom stereocenters. The van der Waals surface area contributed by atoms with Gasteiger partial charge in [0.15, 0.2) is 9.84 Å². The summed E-state index contributed by atoms with van der Waals surface area (Å²) in [6.45, 7) is 4.08. The molecule has 0 aliphatic heterocycles. The third-order valence-electron chi connectivity index (χ3n) is 2.57. The summed E-state index contributed by atoms with van der Waals surface area (Å²) in [6.07, 6.45) is 0. The van der Waals surface area contributed by atoms with Gasteiger partial charge in [0, 0.05) is 16.3 Å². The largest absolute Gasteiger partial charge is 0.245 e.